The molecule has 120 valence electrons. The molecule has 0 spiro atoms. The number of sulfonamides is 1. The average molecular weight is 336 g/mol. The van der Waals surface area contributed by atoms with E-state index in [9.17, 15) is 13.2 Å². The largest absolute Gasteiger partial charge is 0.352 e. The molecule has 0 bridgehead atoms. The second-order valence-electron chi connectivity index (χ2n) is 4.38. The normalized spacial score (nSPS) is 10.8. The van der Waals surface area contributed by atoms with Gasteiger partial charge in [0, 0.05) is 18.7 Å². The van der Waals surface area contributed by atoms with Crippen LogP contribution in [0.1, 0.15) is 29.3 Å². The summed E-state index contributed by atoms with van der Waals surface area (Å²) in [5, 5.41) is 2.72. The minimum absolute atomic E-state index is 0. The van der Waals surface area contributed by atoms with Gasteiger partial charge in [0.05, 0.1) is 4.90 Å². The molecular weight excluding hydrogens is 314 g/mol. The summed E-state index contributed by atoms with van der Waals surface area (Å²) in [4.78, 5) is 12.1. The third kappa shape index (κ3) is 5.62. The number of benzene rings is 1. The SMILES string of the molecule is CCNS(=O)(=O)c1ccc(C)c(C(=O)NCCCN)c1.Cl. The monoisotopic (exact) mass is 335 g/mol. The highest BCUT2D eigenvalue weighted by atomic mass is 35.5. The second kappa shape index (κ2) is 8.99. The van der Waals surface area contributed by atoms with Crippen LogP contribution < -0.4 is 15.8 Å². The highest BCUT2D eigenvalue weighted by Gasteiger charge is 2.16. The molecule has 21 heavy (non-hydrogen) atoms. The van der Waals surface area contributed by atoms with E-state index < -0.39 is 10.0 Å². The lowest BCUT2D eigenvalue weighted by molar-refractivity contribution is 0.0952. The average Bonchev–Trinajstić information content (AvgIpc) is 2.39. The zero-order chi connectivity index (χ0) is 15.2. The molecule has 0 aromatic heterocycles. The molecule has 0 saturated heterocycles. The predicted octanol–water partition coefficient (Wildman–Crippen LogP) is 0.794. The van der Waals surface area contributed by atoms with Gasteiger partial charge in [-0.15, -0.1) is 12.4 Å². The summed E-state index contributed by atoms with van der Waals surface area (Å²) in [5.41, 5.74) is 6.45. The Hall–Kier alpha value is -1.15. The summed E-state index contributed by atoms with van der Waals surface area (Å²) in [6.07, 6.45) is 0.681. The number of carbonyl (C=O) groups excluding carboxylic acids is 1. The van der Waals surface area contributed by atoms with Crippen LogP contribution in [0.25, 0.3) is 0 Å². The van der Waals surface area contributed by atoms with Crippen LogP contribution in [0.3, 0.4) is 0 Å². The van der Waals surface area contributed by atoms with Crippen LogP contribution in [-0.4, -0.2) is 34.0 Å². The van der Waals surface area contributed by atoms with Crippen LogP contribution >= 0.6 is 12.4 Å². The Morgan fingerprint density at radius 2 is 2.00 bits per heavy atom. The minimum atomic E-state index is -3.56. The van der Waals surface area contributed by atoms with Crippen molar-refractivity contribution in [1.82, 2.24) is 10.0 Å². The Morgan fingerprint density at radius 3 is 2.57 bits per heavy atom. The fourth-order valence-electron chi connectivity index (χ4n) is 1.69. The third-order valence-electron chi connectivity index (χ3n) is 2.76. The van der Waals surface area contributed by atoms with E-state index in [0.717, 1.165) is 5.56 Å². The molecule has 0 unspecified atom stereocenters. The zero-order valence-corrected chi connectivity index (χ0v) is 13.8. The lowest BCUT2D eigenvalue weighted by Crippen LogP contribution is -2.27. The minimum Gasteiger partial charge on any atom is -0.352 e. The number of halogens is 1. The van der Waals surface area contributed by atoms with E-state index in [2.05, 4.69) is 10.0 Å². The molecule has 0 aliphatic carbocycles. The Labute approximate surface area is 132 Å². The summed E-state index contributed by atoms with van der Waals surface area (Å²) in [6, 6.07) is 4.51. The first-order chi connectivity index (χ1) is 9.42. The van der Waals surface area contributed by atoms with Gasteiger partial charge in [-0.05, 0) is 37.6 Å². The highest BCUT2D eigenvalue weighted by molar-refractivity contribution is 7.89. The molecule has 0 radical (unpaired) electrons. The number of hydrogen-bond donors (Lipinski definition) is 3. The van der Waals surface area contributed by atoms with Gasteiger partial charge >= 0.3 is 0 Å². The van der Waals surface area contributed by atoms with Crippen molar-refractivity contribution in [2.24, 2.45) is 5.73 Å². The van der Waals surface area contributed by atoms with Crippen LogP contribution in [0.5, 0.6) is 0 Å². The summed E-state index contributed by atoms with van der Waals surface area (Å²) < 4.78 is 26.2. The van der Waals surface area contributed by atoms with Gasteiger partial charge in [-0.3, -0.25) is 4.79 Å². The zero-order valence-electron chi connectivity index (χ0n) is 12.2. The quantitative estimate of drug-likeness (QED) is 0.641. The Balaban J connectivity index is 0.00000400. The van der Waals surface area contributed by atoms with Gasteiger partial charge in [-0.25, -0.2) is 13.1 Å². The fraction of sp³-hybridized carbons (Fsp3) is 0.462. The second-order valence-corrected chi connectivity index (χ2v) is 6.14. The summed E-state index contributed by atoms with van der Waals surface area (Å²) in [5.74, 6) is -0.288. The molecule has 1 amide bonds. The molecule has 0 atom stereocenters. The third-order valence-corrected chi connectivity index (χ3v) is 4.31. The summed E-state index contributed by atoms with van der Waals surface area (Å²) in [6.45, 7) is 4.73. The van der Waals surface area contributed by atoms with E-state index in [4.69, 9.17) is 5.73 Å². The lowest BCUT2D eigenvalue weighted by Gasteiger charge is -2.10. The standard InChI is InChI=1S/C13H21N3O3S.ClH/c1-3-16-20(18,19)11-6-5-10(2)12(9-11)13(17)15-8-4-7-14;/h5-6,9,16H,3-4,7-8,14H2,1-2H3,(H,15,17);1H. The molecule has 1 rings (SSSR count). The first-order valence-electron chi connectivity index (χ1n) is 6.51. The van der Waals surface area contributed by atoms with Crippen LogP contribution in [0.4, 0.5) is 0 Å². The maximum atomic E-state index is 12.0. The van der Waals surface area contributed by atoms with Gasteiger partial charge in [0.15, 0.2) is 0 Å². The number of hydrogen-bond acceptors (Lipinski definition) is 4. The maximum absolute atomic E-state index is 12.0. The van der Waals surface area contributed by atoms with Crippen LogP contribution in [0, 0.1) is 6.92 Å². The maximum Gasteiger partial charge on any atom is 0.251 e. The molecule has 0 saturated carbocycles. The molecular formula is C13H22ClN3O3S. The number of aryl methyl sites for hydroxylation is 1. The summed E-state index contributed by atoms with van der Waals surface area (Å²) >= 11 is 0. The Kier molecular flexibility index (Phi) is 8.50. The predicted molar refractivity (Wildman–Crippen MR) is 85.3 cm³/mol. The number of rotatable bonds is 7. The molecule has 0 aliphatic heterocycles. The molecule has 6 nitrogen and oxygen atoms in total. The first kappa shape index (κ1) is 19.9. The van der Waals surface area contributed by atoms with Crippen molar-refractivity contribution in [1.29, 1.82) is 0 Å². The molecule has 8 heteroatoms. The molecule has 0 fully saturated rings. The van der Waals surface area contributed by atoms with Gasteiger partial charge < -0.3 is 11.1 Å². The molecule has 4 N–H and O–H groups in total. The van der Waals surface area contributed by atoms with E-state index >= 15 is 0 Å². The molecule has 1 aromatic carbocycles. The molecule has 0 aliphatic rings. The van der Waals surface area contributed by atoms with Gasteiger partial charge in [-0.2, -0.15) is 0 Å². The smallest absolute Gasteiger partial charge is 0.251 e. The fourth-order valence-corrected chi connectivity index (χ4v) is 2.75. The van der Waals surface area contributed by atoms with Crippen molar-refractivity contribution in [3.8, 4) is 0 Å². The molecule has 1 aromatic rings. The van der Waals surface area contributed by atoms with Crippen molar-refractivity contribution in [3.05, 3.63) is 29.3 Å². The number of nitrogens with one attached hydrogen (secondary N) is 2. The number of carbonyl (C=O) groups is 1. The topological polar surface area (TPSA) is 101 Å². The van der Waals surface area contributed by atoms with Gasteiger partial charge in [-0.1, -0.05) is 13.0 Å². The van der Waals surface area contributed by atoms with E-state index in [0.29, 0.717) is 31.6 Å². The molecule has 0 heterocycles. The van der Waals surface area contributed by atoms with Crippen LogP contribution in [0.2, 0.25) is 0 Å². The van der Waals surface area contributed by atoms with Crippen LogP contribution in [0.15, 0.2) is 23.1 Å². The van der Waals surface area contributed by atoms with E-state index in [-0.39, 0.29) is 23.2 Å². The summed E-state index contributed by atoms with van der Waals surface area (Å²) in [7, 11) is -3.56. The van der Waals surface area contributed by atoms with E-state index in [1.165, 1.54) is 12.1 Å². The van der Waals surface area contributed by atoms with Crippen LogP contribution in [-0.2, 0) is 10.0 Å². The first-order valence-corrected chi connectivity index (χ1v) is 7.99. The van der Waals surface area contributed by atoms with E-state index in [1.807, 2.05) is 0 Å². The van der Waals surface area contributed by atoms with Crippen molar-refractivity contribution in [2.45, 2.75) is 25.2 Å². The van der Waals surface area contributed by atoms with E-state index in [1.54, 1.807) is 19.9 Å². The van der Waals surface area contributed by atoms with Gasteiger partial charge in [0.25, 0.3) is 5.91 Å². The number of nitrogens with two attached hydrogens (primary N) is 1. The lowest BCUT2D eigenvalue weighted by atomic mass is 10.1. The van der Waals surface area contributed by atoms with Crippen molar-refractivity contribution in [2.75, 3.05) is 19.6 Å². The number of amides is 1. The van der Waals surface area contributed by atoms with Crippen molar-refractivity contribution in [3.63, 3.8) is 0 Å². The van der Waals surface area contributed by atoms with Crippen molar-refractivity contribution < 1.29 is 13.2 Å². The van der Waals surface area contributed by atoms with Gasteiger partial charge in [0.1, 0.15) is 0 Å². The van der Waals surface area contributed by atoms with Crippen molar-refractivity contribution >= 4 is 28.3 Å². The Bertz CT molecular complexity index is 576. The van der Waals surface area contributed by atoms with Gasteiger partial charge in [0.2, 0.25) is 10.0 Å². The highest BCUT2D eigenvalue weighted by Crippen LogP contribution is 2.15. The Morgan fingerprint density at radius 1 is 1.33 bits per heavy atom.